The molecule has 0 spiro atoms. The maximum absolute atomic E-state index is 11.9. The van der Waals surface area contributed by atoms with Crippen LogP contribution in [0.4, 0.5) is 4.79 Å². The van der Waals surface area contributed by atoms with E-state index in [1.54, 1.807) is 0 Å². The maximum atomic E-state index is 11.9. The number of hydrogen-bond acceptors (Lipinski definition) is 3. The maximum Gasteiger partial charge on any atom is 0.438 e. The molecular formula is C20H21ClN2O3. The summed E-state index contributed by atoms with van der Waals surface area (Å²) in [5, 5.41) is 0. The number of amidine groups is 1. The van der Waals surface area contributed by atoms with Crippen LogP contribution < -0.4 is 0 Å². The van der Waals surface area contributed by atoms with Crippen LogP contribution in [-0.4, -0.2) is 36.1 Å². The summed E-state index contributed by atoms with van der Waals surface area (Å²) in [5.41, 5.74) is 4.68. The third kappa shape index (κ3) is 4.17. The standard InChI is InChI=1S/C20H21ClN2O3/c1-2-25-19(22-20(24)26-12-11-21)23-13-15-7-3-5-9-17(15)18-10-6-4-8-16(18)14-23/h3-10H,2,11-14H2,1H3/b22-19-. The van der Waals surface area contributed by atoms with Gasteiger partial charge < -0.3 is 14.4 Å². The van der Waals surface area contributed by atoms with Gasteiger partial charge >= 0.3 is 6.09 Å². The van der Waals surface area contributed by atoms with Crippen molar-refractivity contribution in [3.05, 3.63) is 59.7 Å². The van der Waals surface area contributed by atoms with Gasteiger partial charge in [-0.3, -0.25) is 0 Å². The van der Waals surface area contributed by atoms with Crippen molar-refractivity contribution in [3.63, 3.8) is 0 Å². The Labute approximate surface area is 158 Å². The van der Waals surface area contributed by atoms with Crippen molar-refractivity contribution in [3.8, 4) is 11.1 Å². The predicted molar refractivity (Wildman–Crippen MR) is 102 cm³/mol. The summed E-state index contributed by atoms with van der Waals surface area (Å²) in [7, 11) is 0. The Morgan fingerprint density at radius 3 is 2.15 bits per heavy atom. The lowest BCUT2D eigenvalue weighted by molar-refractivity contribution is 0.160. The molecule has 0 unspecified atom stereocenters. The Morgan fingerprint density at radius 1 is 1.04 bits per heavy atom. The van der Waals surface area contributed by atoms with E-state index in [1.165, 1.54) is 11.1 Å². The number of carbonyl (C=O) groups excluding carboxylic acids is 1. The molecule has 0 fully saturated rings. The molecule has 1 aliphatic rings. The topological polar surface area (TPSA) is 51.1 Å². The Hall–Kier alpha value is -2.53. The summed E-state index contributed by atoms with van der Waals surface area (Å²) < 4.78 is 10.6. The average Bonchev–Trinajstić information content (AvgIpc) is 2.83. The molecule has 0 N–H and O–H groups in total. The molecule has 0 radical (unpaired) electrons. The molecule has 26 heavy (non-hydrogen) atoms. The van der Waals surface area contributed by atoms with E-state index >= 15 is 0 Å². The molecule has 1 amide bonds. The van der Waals surface area contributed by atoms with Crippen molar-refractivity contribution < 1.29 is 14.3 Å². The molecule has 0 atom stereocenters. The molecule has 0 aromatic heterocycles. The van der Waals surface area contributed by atoms with E-state index < -0.39 is 6.09 Å². The third-order valence-electron chi connectivity index (χ3n) is 4.08. The van der Waals surface area contributed by atoms with Gasteiger partial charge in [-0.05, 0) is 29.2 Å². The molecule has 1 heterocycles. The number of ether oxygens (including phenoxy) is 2. The molecule has 2 aromatic rings. The molecule has 0 aliphatic carbocycles. The number of rotatable bonds is 3. The molecule has 5 nitrogen and oxygen atoms in total. The highest BCUT2D eigenvalue weighted by atomic mass is 35.5. The summed E-state index contributed by atoms with van der Waals surface area (Å²) >= 11 is 5.56. The van der Waals surface area contributed by atoms with Crippen LogP contribution in [-0.2, 0) is 22.6 Å². The zero-order valence-electron chi connectivity index (χ0n) is 14.7. The Morgan fingerprint density at radius 2 is 1.62 bits per heavy atom. The van der Waals surface area contributed by atoms with Crippen LogP contribution in [0.5, 0.6) is 0 Å². The van der Waals surface area contributed by atoms with E-state index in [9.17, 15) is 4.79 Å². The monoisotopic (exact) mass is 372 g/mol. The number of fused-ring (bicyclic) bond motifs is 3. The summed E-state index contributed by atoms with van der Waals surface area (Å²) in [4.78, 5) is 17.9. The van der Waals surface area contributed by atoms with Crippen LogP contribution in [0.25, 0.3) is 11.1 Å². The summed E-state index contributed by atoms with van der Waals surface area (Å²) in [6.45, 7) is 3.56. The number of hydrogen-bond donors (Lipinski definition) is 0. The fourth-order valence-electron chi connectivity index (χ4n) is 3.00. The second-order valence-corrected chi connectivity index (χ2v) is 6.18. The Balaban J connectivity index is 1.97. The van der Waals surface area contributed by atoms with Gasteiger partial charge in [0.15, 0.2) is 0 Å². The van der Waals surface area contributed by atoms with Gasteiger partial charge in [-0.2, -0.15) is 0 Å². The minimum Gasteiger partial charge on any atom is -0.465 e. The zero-order valence-corrected chi connectivity index (χ0v) is 15.4. The highest BCUT2D eigenvalue weighted by Gasteiger charge is 2.23. The number of carbonyl (C=O) groups is 1. The van der Waals surface area contributed by atoms with Crippen molar-refractivity contribution in [2.24, 2.45) is 4.99 Å². The molecule has 0 saturated carbocycles. The zero-order chi connectivity index (χ0) is 18.4. The van der Waals surface area contributed by atoms with Crippen LogP contribution in [0.1, 0.15) is 18.1 Å². The minimum absolute atomic E-state index is 0.120. The van der Waals surface area contributed by atoms with Gasteiger partial charge in [0.25, 0.3) is 6.02 Å². The molecule has 136 valence electrons. The molecule has 6 heteroatoms. The summed E-state index contributed by atoms with van der Waals surface area (Å²) in [6, 6.07) is 16.7. The van der Waals surface area contributed by atoms with Gasteiger partial charge in [-0.25, -0.2) is 4.79 Å². The third-order valence-corrected chi connectivity index (χ3v) is 4.24. The fraction of sp³-hybridized carbons (Fsp3) is 0.300. The van der Waals surface area contributed by atoms with Crippen LogP contribution in [0.15, 0.2) is 53.5 Å². The summed E-state index contributed by atoms with van der Waals surface area (Å²) in [5.74, 6) is 0.232. The van der Waals surface area contributed by atoms with Gasteiger partial charge in [0, 0.05) is 13.1 Å². The van der Waals surface area contributed by atoms with Crippen molar-refractivity contribution in [2.75, 3.05) is 19.1 Å². The molecule has 0 bridgehead atoms. The lowest BCUT2D eigenvalue weighted by atomic mass is 9.97. The average molecular weight is 373 g/mol. The minimum atomic E-state index is -0.695. The highest BCUT2D eigenvalue weighted by molar-refractivity contribution is 6.18. The number of halogens is 1. The first-order valence-corrected chi connectivity index (χ1v) is 9.11. The molecule has 2 aromatic carbocycles. The van der Waals surface area contributed by atoms with E-state index in [4.69, 9.17) is 21.1 Å². The van der Waals surface area contributed by atoms with Crippen molar-refractivity contribution in [1.29, 1.82) is 0 Å². The van der Waals surface area contributed by atoms with E-state index in [0.717, 1.165) is 11.1 Å². The molecule has 0 saturated heterocycles. The number of benzene rings is 2. The Kier molecular flexibility index (Phi) is 6.12. The van der Waals surface area contributed by atoms with E-state index in [0.29, 0.717) is 19.7 Å². The smallest absolute Gasteiger partial charge is 0.438 e. The number of alkyl halides is 1. The number of amides is 1. The predicted octanol–water partition coefficient (Wildman–Crippen LogP) is 4.44. The second kappa shape index (κ2) is 8.72. The van der Waals surface area contributed by atoms with E-state index in [1.807, 2.05) is 36.1 Å². The van der Waals surface area contributed by atoms with Gasteiger partial charge in [-0.1, -0.05) is 48.5 Å². The van der Waals surface area contributed by atoms with Crippen LogP contribution in [0.3, 0.4) is 0 Å². The first-order chi connectivity index (χ1) is 12.7. The lowest BCUT2D eigenvalue weighted by Crippen LogP contribution is -2.32. The van der Waals surface area contributed by atoms with Gasteiger partial charge in [0.1, 0.15) is 6.61 Å². The number of nitrogens with zero attached hydrogens (tertiary/aromatic N) is 2. The van der Waals surface area contributed by atoms with Crippen LogP contribution >= 0.6 is 11.6 Å². The second-order valence-electron chi connectivity index (χ2n) is 5.80. The van der Waals surface area contributed by atoms with Crippen molar-refractivity contribution in [1.82, 2.24) is 4.90 Å². The first kappa shape index (κ1) is 18.3. The SMILES string of the molecule is CCO/C(=N\C(=O)OCCCl)N1Cc2ccccc2-c2ccccc2C1. The lowest BCUT2D eigenvalue weighted by Gasteiger charge is -2.24. The molecule has 1 aliphatic heterocycles. The highest BCUT2D eigenvalue weighted by Crippen LogP contribution is 2.32. The van der Waals surface area contributed by atoms with Gasteiger partial charge in [0.05, 0.1) is 12.5 Å². The van der Waals surface area contributed by atoms with Gasteiger partial charge in [0.2, 0.25) is 0 Å². The summed E-state index contributed by atoms with van der Waals surface area (Å²) in [6.07, 6.45) is -0.695. The first-order valence-electron chi connectivity index (χ1n) is 8.58. The van der Waals surface area contributed by atoms with Crippen LogP contribution in [0, 0.1) is 0 Å². The Bertz CT molecular complexity index is 760. The van der Waals surface area contributed by atoms with Gasteiger partial charge in [-0.15, -0.1) is 16.6 Å². The molecule has 3 rings (SSSR count). The van der Waals surface area contributed by atoms with Crippen molar-refractivity contribution >= 4 is 23.7 Å². The fourth-order valence-corrected chi connectivity index (χ4v) is 3.08. The number of aliphatic imine (C=N–C) groups is 1. The largest absolute Gasteiger partial charge is 0.465 e. The van der Waals surface area contributed by atoms with Crippen LogP contribution in [0.2, 0.25) is 0 Å². The molecular weight excluding hydrogens is 352 g/mol. The van der Waals surface area contributed by atoms with E-state index in [2.05, 4.69) is 29.3 Å². The normalized spacial score (nSPS) is 13.5. The quantitative estimate of drug-likeness (QED) is 0.454. The van der Waals surface area contributed by atoms with Crippen molar-refractivity contribution in [2.45, 2.75) is 20.0 Å². The van der Waals surface area contributed by atoms with E-state index in [-0.39, 0.29) is 18.5 Å².